The second kappa shape index (κ2) is 4.98. The van der Waals surface area contributed by atoms with Crippen LogP contribution in [0, 0.1) is 18.3 Å². The van der Waals surface area contributed by atoms with E-state index in [1.54, 1.807) is 18.3 Å². The summed E-state index contributed by atoms with van der Waals surface area (Å²) in [4.78, 5) is 4.16. The molecule has 1 N–H and O–H groups in total. The van der Waals surface area contributed by atoms with Crippen LogP contribution < -0.4 is 5.32 Å². The van der Waals surface area contributed by atoms with Gasteiger partial charge in [0.25, 0.3) is 0 Å². The van der Waals surface area contributed by atoms with Crippen molar-refractivity contribution >= 4 is 27.4 Å². The van der Waals surface area contributed by atoms with Gasteiger partial charge < -0.3 is 5.32 Å². The molecule has 0 radical (unpaired) electrons. The van der Waals surface area contributed by atoms with E-state index in [4.69, 9.17) is 5.26 Å². The van der Waals surface area contributed by atoms with E-state index in [-0.39, 0.29) is 0 Å². The third-order valence-corrected chi connectivity index (χ3v) is 2.99. The fraction of sp³-hybridized carbons (Fsp3) is 0.0769. The summed E-state index contributed by atoms with van der Waals surface area (Å²) >= 11 is 3.46. The van der Waals surface area contributed by atoms with Gasteiger partial charge in [-0.15, -0.1) is 0 Å². The predicted octanol–water partition coefficient (Wildman–Crippen LogP) is 3.77. The molecular weight excluding hydrogens is 278 g/mol. The van der Waals surface area contributed by atoms with E-state index in [1.165, 1.54) is 0 Å². The van der Waals surface area contributed by atoms with Crippen molar-refractivity contribution in [1.82, 2.24) is 4.98 Å². The van der Waals surface area contributed by atoms with Crippen LogP contribution in [0.5, 0.6) is 0 Å². The second-order valence-corrected chi connectivity index (χ2v) is 4.47. The van der Waals surface area contributed by atoms with Gasteiger partial charge in [0.2, 0.25) is 0 Å². The predicted molar refractivity (Wildman–Crippen MR) is 71.1 cm³/mol. The van der Waals surface area contributed by atoms with E-state index in [1.807, 2.05) is 25.1 Å². The Kier molecular flexibility index (Phi) is 3.40. The lowest BCUT2D eigenvalue weighted by Gasteiger charge is -2.09. The van der Waals surface area contributed by atoms with Crippen molar-refractivity contribution in [3.63, 3.8) is 0 Å². The van der Waals surface area contributed by atoms with Gasteiger partial charge >= 0.3 is 0 Å². The van der Waals surface area contributed by atoms with Crippen molar-refractivity contribution in [3.8, 4) is 6.07 Å². The van der Waals surface area contributed by atoms with E-state index < -0.39 is 0 Å². The number of anilines is 2. The Hall–Kier alpha value is -1.86. The Morgan fingerprint density at radius 3 is 2.94 bits per heavy atom. The van der Waals surface area contributed by atoms with Crippen molar-refractivity contribution in [2.75, 3.05) is 5.32 Å². The average Bonchev–Trinajstić information content (AvgIpc) is 2.34. The lowest BCUT2D eigenvalue weighted by atomic mass is 10.2. The third kappa shape index (κ3) is 2.63. The van der Waals surface area contributed by atoms with E-state index >= 15 is 0 Å². The summed E-state index contributed by atoms with van der Waals surface area (Å²) in [6.45, 7) is 2.02. The normalized spacial score (nSPS) is 9.71. The Morgan fingerprint density at radius 2 is 2.18 bits per heavy atom. The van der Waals surface area contributed by atoms with E-state index in [0.717, 1.165) is 15.7 Å². The summed E-state index contributed by atoms with van der Waals surface area (Å²) in [7, 11) is 0. The zero-order valence-corrected chi connectivity index (χ0v) is 10.8. The topological polar surface area (TPSA) is 48.7 Å². The van der Waals surface area contributed by atoms with Crippen LogP contribution in [0.3, 0.4) is 0 Å². The third-order valence-electron chi connectivity index (χ3n) is 2.30. The van der Waals surface area contributed by atoms with Crippen molar-refractivity contribution in [3.05, 3.63) is 52.1 Å². The highest BCUT2D eigenvalue weighted by Crippen LogP contribution is 2.27. The Morgan fingerprint density at radius 1 is 1.35 bits per heavy atom. The molecule has 84 valence electrons. The molecule has 3 nitrogen and oxygen atoms in total. The smallest absolute Gasteiger partial charge is 0.148 e. The highest BCUT2D eigenvalue weighted by molar-refractivity contribution is 9.10. The molecular formula is C13H10BrN3. The van der Waals surface area contributed by atoms with E-state index in [9.17, 15) is 0 Å². The Labute approximate surface area is 108 Å². The maximum atomic E-state index is 8.98. The number of aryl methyl sites for hydroxylation is 1. The summed E-state index contributed by atoms with van der Waals surface area (Å²) in [6, 6.07) is 11.6. The quantitative estimate of drug-likeness (QED) is 0.915. The number of benzene rings is 1. The van der Waals surface area contributed by atoms with Crippen LogP contribution in [0.2, 0.25) is 0 Å². The van der Waals surface area contributed by atoms with Gasteiger partial charge in [-0.1, -0.05) is 6.07 Å². The number of hydrogen-bond donors (Lipinski definition) is 1. The minimum atomic E-state index is 0.529. The first-order chi connectivity index (χ1) is 8.20. The van der Waals surface area contributed by atoms with Crippen molar-refractivity contribution in [2.24, 2.45) is 0 Å². The molecule has 0 fully saturated rings. The Balaban J connectivity index is 2.38. The molecule has 0 aliphatic carbocycles. The second-order valence-electron chi connectivity index (χ2n) is 3.62. The number of nitriles is 1. The van der Waals surface area contributed by atoms with Gasteiger partial charge in [-0.2, -0.15) is 5.26 Å². The van der Waals surface area contributed by atoms with E-state index in [0.29, 0.717) is 11.4 Å². The molecule has 1 aromatic carbocycles. The highest BCUT2D eigenvalue weighted by atomic mass is 79.9. The number of aromatic nitrogens is 1. The number of nitrogens with one attached hydrogen (secondary N) is 1. The van der Waals surface area contributed by atoms with Gasteiger partial charge in [0.05, 0.1) is 11.3 Å². The zero-order chi connectivity index (χ0) is 12.3. The fourth-order valence-electron chi connectivity index (χ4n) is 1.46. The molecule has 0 aliphatic rings. The van der Waals surface area contributed by atoms with Gasteiger partial charge in [0.15, 0.2) is 0 Å². The van der Waals surface area contributed by atoms with Gasteiger partial charge in [0.1, 0.15) is 11.9 Å². The molecule has 2 aromatic rings. The standard InChI is InChI=1S/C13H10BrN3/c1-9-4-5-11(14)12(7-9)17-13-10(8-15)3-2-6-16-13/h2-7H,1H3,(H,16,17). The van der Waals surface area contributed by atoms with Crippen molar-refractivity contribution < 1.29 is 0 Å². The molecule has 4 heteroatoms. The van der Waals surface area contributed by atoms with Gasteiger partial charge in [-0.05, 0) is 52.7 Å². The SMILES string of the molecule is Cc1ccc(Br)c(Nc2ncccc2C#N)c1. The van der Waals surface area contributed by atoms with Crippen molar-refractivity contribution in [2.45, 2.75) is 6.92 Å². The number of nitrogens with zero attached hydrogens (tertiary/aromatic N) is 2. The minimum Gasteiger partial charge on any atom is -0.338 e. The van der Waals surface area contributed by atoms with Crippen LogP contribution in [0.25, 0.3) is 0 Å². The lowest BCUT2D eigenvalue weighted by molar-refractivity contribution is 1.28. The van der Waals surface area contributed by atoms with Crippen LogP contribution in [0.4, 0.5) is 11.5 Å². The molecule has 0 unspecified atom stereocenters. The highest BCUT2D eigenvalue weighted by Gasteiger charge is 2.05. The molecule has 1 heterocycles. The van der Waals surface area contributed by atoms with Gasteiger partial charge in [0, 0.05) is 10.7 Å². The molecule has 0 atom stereocenters. The summed E-state index contributed by atoms with van der Waals surface area (Å²) in [5.41, 5.74) is 2.58. The van der Waals surface area contributed by atoms with E-state index in [2.05, 4.69) is 32.3 Å². The molecule has 0 bridgehead atoms. The summed E-state index contributed by atoms with van der Waals surface area (Å²) in [6.07, 6.45) is 1.66. The summed E-state index contributed by atoms with van der Waals surface area (Å²) < 4.78 is 0.942. The van der Waals surface area contributed by atoms with Crippen LogP contribution in [-0.2, 0) is 0 Å². The minimum absolute atomic E-state index is 0.529. The monoisotopic (exact) mass is 287 g/mol. The van der Waals surface area contributed by atoms with Crippen LogP contribution in [0.15, 0.2) is 41.0 Å². The maximum Gasteiger partial charge on any atom is 0.148 e. The Bertz CT molecular complexity index is 587. The largest absolute Gasteiger partial charge is 0.338 e. The number of rotatable bonds is 2. The first-order valence-corrected chi connectivity index (χ1v) is 5.88. The maximum absolute atomic E-state index is 8.98. The van der Waals surface area contributed by atoms with Gasteiger partial charge in [-0.3, -0.25) is 0 Å². The van der Waals surface area contributed by atoms with Crippen LogP contribution in [-0.4, -0.2) is 4.98 Å². The molecule has 17 heavy (non-hydrogen) atoms. The number of hydrogen-bond acceptors (Lipinski definition) is 3. The first-order valence-electron chi connectivity index (χ1n) is 5.09. The summed E-state index contributed by atoms with van der Waals surface area (Å²) in [5.74, 6) is 0.571. The zero-order valence-electron chi connectivity index (χ0n) is 9.24. The fourth-order valence-corrected chi connectivity index (χ4v) is 1.80. The van der Waals surface area contributed by atoms with Crippen LogP contribution in [0.1, 0.15) is 11.1 Å². The van der Waals surface area contributed by atoms with Crippen LogP contribution >= 0.6 is 15.9 Å². The first kappa shape index (κ1) is 11.6. The molecule has 0 amide bonds. The summed E-state index contributed by atoms with van der Waals surface area (Å²) in [5, 5.41) is 12.1. The molecule has 0 saturated heterocycles. The molecule has 2 rings (SSSR count). The molecule has 0 spiro atoms. The molecule has 0 saturated carbocycles. The molecule has 0 aliphatic heterocycles. The lowest BCUT2D eigenvalue weighted by Crippen LogP contribution is -1.97. The molecule has 1 aromatic heterocycles. The number of pyridine rings is 1. The van der Waals surface area contributed by atoms with Crippen molar-refractivity contribution in [1.29, 1.82) is 5.26 Å². The van der Waals surface area contributed by atoms with Gasteiger partial charge in [-0.25, -0.2) is 4.98 Å². The average molecular weight is 288 g/mol. The number of halogens is 1.